The van der Waals surface area contributed by atoms with Crippen molar-refractivity contribution < 1.29 is 8.81 Å². The largest absolute Gasteiger partial charge is 0.424 e. The summed E-state index contributed by atoms with van der Waals surface area (Å²) in [5.41, 5.74) is -0.851. The van der Waals surface area contributed by atoms with E-state index in [9.17, 15) is 4.39 Å². The molecule has 4 aliphatic carbocycles. The molecule has 0 amide bonds. The minimum Gasteiger partial charge on any atom is -0.424 e. The molecule has 0 spiro atoms. The average Bonchev–Trinajstić information content (AvgIpc) is 2.72. The van der Waals surface area contributed by atoms with Crippen LogP contribution in [-0.4, -0.2) is 21.9 Å². The molecule has 104 valence electrons. The molecule has 5 heteroatoms. The topological polar surface area (TPSA) is 51.0 Å². The number of hydrogen-bond acceptors (Lipinski definition) is 4. The standard InChI is InChI=1S/C14H20FN3O/c1-8-17-18-12(19-8)7-16-13-10-2-9-3-11(13)6-14(15,4-9)5-10/h9-11,13,16H,2-7H2,1H3. The minimum absolute atomic E-state index is 0.438. The number of hydrogen-bond donors (Lipinski definition) is 1. The second-order valence-corrected chi connectivity index (χ2v) is 6.74. The lowest BCUT2D eigenvalue weighted by Crippen LogP contribution is -2.59. The third kappa shape index (κ3) is 1.98. The molecule has 0 aliphatic heterocycles. The molecular weight excluding hydrogens is 245 g/mol. The van der Waals surface area contributed by atoms with Crippen LogP contribution >= 0.6 is 0 Å². The molecule has 0 aromatic carbocycles. The summed E-state index contributed by atoms with van der Waals surface area (Å²) in [6.45, 7) is 2.41. The number of aryl methyl sites for hydroxylation is 1. The molecule has 1 N–H and O–H groups in total. The monoisotopic (exact) mass is 265 g/mol. The van der Waals surface area contributed by atoms with E-state index in [-0.39, 0.29) is 0 Å². The Bertz CT molecular complexity index is 473. The van der Waals surface area contributed by atoms with Gasteiger partial charge in [0.2, 0.25) is 11.8 Å². The quantitative estimate of drug-likeness (QED) is 0.911. The molecule has 5 rings (SSSR count). The van der Waals surface area contributed by atoms with Gasteiger partial charge in [0.1, 0.15) is 5.67 Å². The van der Waals surface area contributed by atoms with Crippen LogP contribution in [0.15, 0.2) is 4.42 Å². The van der Waals surface area contributed by atoms with Crippen LogP contribution in [0.25, 0.3) is 0 Å². The number of nitrogens with one attached hydrogen (secondary N) is 1. The van der Waals surface area contributed by atoms with Crippen molar-refractivity contribution in [3.63, 3.8) is 0 Å². The molecule has 0 saturated heterocycles. The Morgan fingerprint density at radius 2 is 2.00 bits per heavy atom. The first-order valence-corrected chi connectivity index (χ1v) is 7.33. The second kappa shape index (κ2) is 4.01. The Kier molecular flexibility index (Phi) is 2.50. The smallest absolute Gasteiger partial charge is 0.230 e. The molecule has 1 aromatic heterocycles. The molecule has 0 radical (unpaired) electrons. The van der Waals surface area contributed by atoms with Gasteiger partial charge in [-0.05, 0) is 49.9 Å². The number of nitrogens with zero attached hydrogens (tertiary/aromatic N) is 2. The molecule has 4 saturated carbocycles. The van der Waals surface area contributed by atoms with E-state index in [1.54, 1.807) is 6.92 Å². The molecule has 1 heterocycles. The molecule has 4 bridgehead atoms. The van der Waals surface area contributed by atoms with Crippen LogP contribution < -0.4 is 5.32 Å². The average molecular weight is 265 g/mol. The lowest BCUT2D eigenvalue weighted by molar-refractivity contribution is -0.0933. The van der Waals surface area contributed by atoms with Crippen molar-refractivity contribution in [1.82, 2.24) is 15.5 Å². The molecule has 19 heavy (non-hydrogen) atoms. The Morgan fingerprint density at radius 3 is 2.58 bits per heavy atom. The number of rotatable bonds is 3. The lowest BCUT2D eigenvalue weighted by atomic mass is 9.53. The summed E-state index contributed by atoms with van der Waals surface area (Å²) in [5, 5.41) is 11.4. The first-order valence-electron chi connectivity index (χ1n) is 7.33. The van der Waals surface area contributed by atoms with Crippen molar-refractivity contribution in [2.24, 2.45) is 17.8 Å². The number of alkyl halides is 1. The van der Waals surface area contributed by atoms with Crippen LogP contribution in [-0.2, 0) is 6.54 Å². The van der Waals surface area contributed by atoms with E-state index in [0.717, 1.165) is 19.3 Å². The van der Waals surface area contributed by atoms with E-state index in [2.05, 4.69) is 15.5 Å². The minimum atomic E-state index is -0.851. The van der Waals surface area contributed by atoms with Crippen molar-refractivity contribution in [3.05, 3.63) is 11.8 Å². The van der Waals surface area contributed by atoms with Gasteiger partial charge in [-0.3, -0.25) is 0 Å². The van der Waals surface area contributed by atoms with Crippen LogP contribution in [0.3, 0.4) is 0 Å². The van der Waals surface area contributed by atoms with E-state index in [1.807, 2.05) is 0 Å². The SMILES string of the molecule is Cc1nnc(CNC2C3CC4CC2CC(F)(C4)C3)o1. The van der Waals surface area contributed by atoms with Crippen LogP contribution in [0.2, 0.25) is 0 Å². The van der Waals surface area contributed by atoms with Crippen molar-refractivity contribution in [2.75, 3.05) is 0 Å². The van der Waals surface area contributed by atoms with E-state index < -0.39 is 5.67 Å². The van der Waals surface area contributed by atoms with Crippen LogP contribution in [0, 0.1) is 24.7 Å². The van der Waals surface area contributed by atoms with Gasteiger partial charge in [0.05, 0.1) is 6.54 Å². The van der Waals surface area contributed by atoms with Crippen molar-refractivity contribution in [3.8, 4) is 0 Å². The Hall–Kier alpha value is -0.970. The highest BCUT2D eigenvalue weighted by atomic mass is 19.1. The Labute approximate surface area is 112 Å². The first-order chi connectivity index (χ1) is 9.11. The van der Waals surface area contributed by atoms with Gasteiger partial charge in [0.15, 0.2) is 0 Å². The fourth-order valence-electron chi connectivity index (χ4n) is 4.87. The second-order valence-electron chi connectivity index (χ2n) is 6.74. The predicted octanol–water partition coefficient (Wildman–Crippen LogP) is 2.38. The summed E-state index contributed by atoms with van der Waals surface area (Å²) in [6, 6.07) is 0.438. The maximum atomic E-state index is 14.6. The molecular formula is C14H20FN3O. The summed E-state index contributed by atoms with van der Waals surface area (Å²) < 4.78 is 19.9. The van der Waals surface area contributed by atoms with Gasteiger partial charge in [-0.1, -0.05) is 0 Å². The molecule has 2 unspecified atom stereocenters. The normalized spacial score (nSPS) is 43.9. The fourth-order valence-corrected chi connectivity index (χ4v) is 4.87. The van der Waals surface area contributed by atoms with E-state index in [4.69, 9.17) is 4.42 Å². The van der Waals surface area contributed by atoms with Gasteiger partial charge < -0.3 is 9.73 Å². The fraction of sp³-hybridized carbons (Fsp3) is 0.857. The molecule has 4 aliphatic rings. The molecule has 4 nitrogen and oxygen atoms in total. The first kappa shape index (κ1) is 11.8. The predicted molar refractivity (Wildman–Crippen MR) is 67.1 cm³/mol. The van der Waals surface area contributed by atoms with E-state index in [1.165, 1.54) is 12.8 Å². The van der Waals surface area contributed by atoms with Crippen LogP contribution in [0.4, 0.5) is 4.39 Å². The highest BCUT2D eigenvalue weighted by Crippen LogP contribution is 2.57. The molecule has 2 atom stereocenters. The highest BCUT2D eigenvalue weighted by molar-refractivity contribution is 5.08. The van der Waals surface area contributed by atoms with Gasteiger partial charge in [0.25, 0.3) is 0 Å². The summed E-state index contributed by atoms with van der Waals surface area (Å²) in [4.78, 5) is 0. The lowest BCUT2D eigenvalue weighted by Gasteiger charge is -2.57. The van der Waals surface area contributed by atoms with E-state index >= 15 is 0 Å². The Balaban J connectivity index is 1.45. The molecule has 1 aromatic rings. The summed E-state index contributed by atoms with van der Waals surface area (Å²) in [5.74, 6) is 2.87. The zero-order valence-corrected chi connectivity index (χ0v) is 11.2. The molecule has 4 fully saturated rings. The van der Waals surface area contributed by atoms with Crippen LogP contribution in [0.5, 0.6) is 0 Å². The summed E-state index contributed by atoms with van der Waals surface area (Å²) in [7, 11) is 0. The number of halogens is 1. The van der Waals surface area contributed by atoms with E-state index in [0.29, 0.717) is 42.1 Å². The van der Waals surface area contributed by atoms with Gasteiger partial charge in [-0.2, -0.15) is 0 Å². The van der Waals surface area contributed by atoms with Gasteiger partial charge >= 0.3 is 0 Å². The van der Waals surface area contributed by atoms with Crippen molar-refractivity contribution in [1.29, 1.82) is 0 Å². The zero-order valence-electron chi connectivity index (χ0n) is 11.2. The highest BCUT2D eigenvalue weighted by Gasteiger charge is 2.55. The zero-order chi connectivity index (χ0) is 13.0. The third-order valence-corrected chi connectivity index (χ3v) is 5.26. The maximum Gasteiger partial charge on any atom is 0.230 e. The Morgan fingerprint density at radius 1 is 1.26 bits per heavy atom. The van der Waals surface area contributed by atoms with Gasteiger partial charge in [-0.25, -0.2) is 4.39 Å². The van der Waals surface area contributed by atoms with Crippen LogP contribution in [0.1, 0.15) is 43.9 Å². The maximum absolute atomic E-state index is 14.6. The number of aromatic nitrogens is 2. The van der Waals surface area contributed by atoms with Crippen molar-refractivity contribution in [2.45, 2.75) is 57.3 Å². The summed E-state index contributed by atoms with van der Waals surface area (Å²) in [6.07, 6.45) is 4.71. The van der Waals surface area contributed by atoms with Crippen molar-refractivity contribution >= 4 is 0 Å². The summed E-state index contributed by atoms with van der Waals surface area (Å²) >= 11 is 0. The third-order valence-electron chi connectivity index (χ3n) is 5.26. The van der Waals surface area contributed by atoms with Gasteiger partial charge in [-0.15, -0.1) is 10.2 Å². The van der Waals surface area contributed by atoms with Gasteiger partial charge in [0, 0.05) is 13.0 Å².